The van der Waals surface area contributed by atoms with Crippen molar-refractivity contribution in [3.05, 3.63) is 64.6 Å². The highest BCUT2D eigenvalue weighted by molar-refractivity contribution is 8.26. The minimum Gasteiger partial charge on any atom is -0.493 e. The molecule has 34 heavy (non-hydrogen) atoms. The average molecular weight is 500 g/mol. The summed E-state index contributed by atoms with van der Waals surface area (Å²) in [5, 5.41) is 0. The van der Waals surface area contributed by atoms with E-state index in [9.17, 15) is 9.59 Å². The number of thiocarbonyl (C=S) groups is 1. The van der Waals surface area contributed by atoms with Crippen molar-refractivity contribution in [2.75, 3.05) is 27.4 Å². The lowest BCUT2D eigenvalue weighted by atomic mass is 10.1. The molecule has 8 heteroatoms. The molecular formula is C26H29NO5S2. The van der Waals surface area contributed by atoms with Crippen LogP contribution in [0.5, 0.6) is 11.5 Å². The number of carbonyl (C=O) groups is 2. The van der Waals surface area contributed by atoms with Crippen molar-refractivity contribution in [2.45, 2.75) is 32.1 Å². The lowest BCUT2D eigenvalue weighted by Crippen LogP contribution is -2.29. The van der Waals surface area contributed by atoms with Crippen molar-refractivity contribution < 1.29 is 23.8 Å². The largest absolute Gasteiger partial charge is 0.493 e. The molecule has 0 aliphatic carbocycles. The van der Waals surface area contributed by atoms with Crippen LogP contribution >= 0.6 is 24.0 Å². The summed E-state index contributed by atoms with van der Waals surface area (Å²) in [6.07, 6.45) is 5.36. The Labute approximate surface area is 210 Å². The molecule has 0 unspecified atom stereocenters. The monoisotopic (exact) mass is 499 g/mol. The molecule has 0 saturated carbocycles. The lowest BCUT2D eigenvalue weighted by Gasteiger charge is -2.14. The van der Waals surface area contributed by atoms with Gasteiger partial charge in [-0.3, -0.25) is 14.5 Å². The van der Waals surface area contributed by atoms with E-state index >= 15 is 0 Å². The van der Waals surface area contributed by atoms with E-state index in [1.807, 2.05) is 42.5 Å². The van der Waals surface area contributed by atoms with Gasteiger partial charge in [-0.05, 0) is 42.2 Å². The lowest BCUT2D eigenvalue weighted by molar-refractivity contribution is -0.140. The molecule has 1 amide bonds. The number of hydrogen-bond donors (Lipinski definition) is 0. The zero-order chi connectivity index (χ0) is 24.3. The number of methoxy groups -OCH3 is 2. The molecule has 0 N–H and O–H groups in total. The Kier molecular flexibility index (Phi) is 9.97. The predicted molar refractivity (Wildman–Crippen MR) is 139 cm³/mol. The quantitative estimate of drug-likeness (QED) is 0.171. The van der Waals surface area contributed by atoms with Crippen LogP contribution in [0.3, 0.4) is 0 Å². The second-order valence-electron chi connectivity index (χ2n) is 7.71. The number of hydrogen-bond acceptors (Lipinski definition) is 7. The summed E-state index contributed by atoms with van der Waals surface area (Å²) in [4.78, 5) is 26.3. The fraction of sp³-hybridized carbons (Fsp3) is 0.346. The number of carbonyl (C=O) groups excluding carboxylic acids is 2. The van der Waals surface area contributed by atoms with Crippen LogP contribution in [-0.4, -0.2) is 48.5 Å². The Bertz CT molecular complexity index is 1040. The molecule has 1 fully saturated rings. The number of nitrogens with zero attached hydrogens (tertiary/aromatic N) is 1. The van der Waals surface area contributed by atoms with E-state index in [-0.39, 0.29) is 11.9 Å². The number of esters is 1. The molecule has 0 bridgehead atoms. The van der Waals surface area contributed by atoms with E-state index in [0.717, 1.165) is 31.2 Å². The number of rotatable bonds is 12. The zero-order valence-corrected chi connectivity index (χ0v) is 21.1. The molecule has 2 aromatic carbocycles. The smallest absolute Gasteiger partial charge is 0.305 e. The van der Waals surface area contributed by atoms with Crippen molar-refractivity contribution in [2.24, 2.45) is 0 Å². The third-order valence-electron chi connectivity index (χ3n) is 5.34. The molecule has 0 aromatic heterocycles. The maximum atomic E-state index is 12.9. The van der Waals surface area contributed by atoms with Gasteiger partial charge in [-0.15, -0.1) is 0 Å². The summed E-state index contributed by atoms with van der Waals surface area (Å²) in [6.45, 7) is 1.08. The van der Waals surface area contributed by atoms with E-state index in [0.29, 0.717) is 40.3 Å². The van der Waals surface area contributed by atoms with Gasteiger partial charge in [-0.2, -0.15) is 0 Å². The molecule has 180 valence electrons. The van der Waals surface area contributed by atoms with Crippen molar-refractivity contribution in [1.29, 1.82) is 0 Å². The summed E-state index contributed by atoms with van der Waals surface area (Å²) in [5.74, 6) is 0.972. The van der Waals surface area contributed by atoms with E-state index in [4.69, 9.17) is 21.7 Å². The van der Waals surface area contributed by atoms with Crippen LogP contribution in [0.1, 0.15) is 36.8 Å². The van der Waals surface area contributed by atoms with E-state index in [1.165, 1.54) is 24.4 Å². The fourth-order valence-corrected chi connectivity index (χ4v) is 4.79. The van der Waals surface area contributed by atoms with E-state index in [2.05, 4.69) is 16.9 Å². The van der Waals surface area contributed by atoms with Gasteiger partial charge in [0.05, 0.1) is 25.7 Å². The van der Waals surface area contributed by atoms with Gasteiger partial charge < -0.3 is 14.2 Å². The molecule has 2 aromatic rings. The second-order valence-corrected chi connectivity index (χ2v) is 9.39. The Morgan fingerprint density at radius 1 is 1.06 bits per heavy atom. The molecular weight excluding hydrogens is 470 g/mol. The Balaban J connectivity index is 1.56. The Morgan fingerprint density at radius 2 is 1.85 bits per heavy atom. The van der Waals surface area contributed by atoms with Gasteiger partial charge in [-0.25, -0.2) is 0 Å². The highest BCUT2D eigenvalue weighted by atomic mass is 32.2. The van der Waals surface area contributed by atoms with Crippen molar-refractivity contribution >= 4 is 46.3 Å². The van der Waals surface area contributed by atoms with Crippen LogP contribution in [0.4, 0.5) is 0 Å². The molecule has 1 aliphatic heterocycles. The van der Waals surface area contributed by atoms with Crippen LogP contribution in [-0.2, 0) is 20.7 Å². The summed E-state index contributed by atoms with van der Waals surface area (Å²) in [6, 6.07) is 15.8. The first-order chi connectivity index (χ1) is 16.5. The van der Waals surface area contributed by atoms with Gasteiger partial charge in [0.15, 0.2) is 11.5 Å². The third kappa shape index (κ3) is 7.33. The zero-order valence-electron chi connectivity index (χ0n) is 19.5. The number of benzene rings is 2. The molecule has 6 nitrogen and oxygen atoms in total. The van der Waals surface area contributed by atoms with Gasteiger partial charge in [0, 0.05) is 19.4 Å². The van der Waals surface area contributed by atoms with Crippen LogP contribution in [0, 0.1) is 0 Å². The van der Waals surface area contributed by atoms with Gasteiger partial charge in [-0.1, -0.05) is 66.8 Å². The maximum Gasteiger partial charge on any atom is 0.305 e. The van der Waals surface area contributed by atoms with E-state index in [1.54, 1.807) is 12.0 Å². The fourth-order valence-electron chi connectivity index (χ4n) is 3.48. The summed E-state index contributed by atoms with van der Waals surface area (Å²) >= 11 is 6.72. The standard InChI is InChI=1S/C26H29NO5S2/c1-30-22-17-20(12-13-21(22)32-16-14-19-9-5-3-6-10-19)18-23-25(29)27(26(33)34-23)15-8-4-7-11-24(28)31-2/h3,5-6,9-10,12-13,17-18H,4,7-8,11,14-16H2,1-2H3/b23-18-. The minimum absolute atomic E-state index is 0.0925. The van der Waals surface area contributed by atoms with Crippen LogP contribution in [0.2, 0.25) is 0 Å². The van der Waals surface area contributed by atoms with Crippen molar-refractivity contribution in [3.8, 4) is 11.5 Å². The van der Waals surface area contributed by atoms with Gasteiger partial charge in [0.1, 0.15) is 4.32 Å². The first-order valence-corrected chi connectivity index (χ1v) is 12.4. The van der Waals surface area contributed by atoms with Crippen LogP contribution in [0.15, 0.2) is 53.4 Å². The molecule has 3 rings (SSSR count). The Morgan fingerprint density at radius 3 is 2.59 bits per heavy atom. The SMILES string of the molecule is COC(=O)CCCCCN1C(=O)/C(=C/c2ccc(OCCc3ccccc3)c(OC)c2)SC1=S. The van der Waals surface area contributed by atoms with Crippen LogP contribution in [0.25, 0.3) is 6.08 Å². The first-order valence-electron chi connectivity index (χ1n) is 11.2. The average Bonchev–Trinajstić information content (AvgIpc) is 3.12. The highest BCUT2D eigenvalue weighted by Gasteiger charge is 2.31. The topological polar surface area (TPSA) is 65.1 Å². The molecule has 0 atom stereocenters. The third-order valence-corrected chi connectivity index (χ3v) is 6.72. The summed E-state index contributed by atoms with van der Waals surface area (Å²) in [7, 11) is 2.99. The van der Waals surface area contributed by atoms with Crippen molar-refractivity contribution in [3.63, 3.8) is 0 Å². The number of unbranched alkanes of at least 4 members (excludes halogenated alkanes) is 2. The van der Waals surface area contributed by atoms with Gasteiger partial charge >= 0.3 is 5.97 Å². The summed E-state index contributed by atoms with van der Waals surface area (Å²) in [5.41, 5.74) is 2.05. The Hall–Kier alpha value is -2.84. The minimum atomic E-state index is -0.211. The van der Waals surface area contributed by atoms with Gasteiger partial charge in [0.2, 0.25) is 0 Å². The van der Waals surface area contributed by atoms with E-state index < -0.39 is 0 Å². The molecule has 0 radical (unpaired) electrons. The summed E-state index contributed by atoms with van der Waals surface area (Å²) < 4.78 is 16.6. The number of amides is 1. The molecule has 1 heterocycles. The predicted octanol–water partition coefficient (Wildman–Crippen LogP) is 5.25. The first kappa shape index (κ1) is 25.8. The number of ether oxygens (including phenoxy) is 3. The van der Waals surface area contributed by atoms with Crippen molar-refractivity contribution in [1.82, 2.24) is 4.90 Å². The van der Waals surface area contributed by atoms with Gasteiger partial charge in [0.25, 0.3) is 5.91 Å². The molecule has 1 aliphatic rings. The normalized spacial score (nSPS) is 14.5. The molecule has 0 spiro atoms. The highest BCUT2D eigenvalue weighted by Crippen LogP contribution is 2.35. The maximum absolute atomic E-state index is 12.9. The molecule has 1 saturated heterocycles. The second kappa shape index (κ2) is 13.2. The number of thioether (sulfide) groups is 1. The van der Waals surface area contributed by atoms with Crippen LogP contribution < -0.4 is 9.47 Å².